The first-order valence-corrected chi connectivity index (χ1v) is 11.4. The van der Waals surface area contributed by atoms with Gasteiger partial charge >= 0.3 is 0 Å². The number of para-hydroxylation sites is 1. The van der Waals surface area contributed by atoms with Gasteiger partial charge in [-0.25, -0.2) is 0 Å². The summed E-state index contributed by atoms with van der Waals surface area (Å²) in [5, 5.41) is 0. The first-order chi connectivity index (χ1) is 13.3. The molecule has 2 aliphatic rings. The molecule has 2 heterocycles. The topological polar surface area (TPSA) is 12.5 Å². The Labute approximate surface area is 168 Å². The molecule has 1 saturated heterocycles. The number of thioether (sulfide) groups is 1. The Morgan fingerprint density at radius 2 is 1.96 bits per heavy atom. The normalized spacial score (nSPS) is 18.3. The lowest BCUT2D eigenvalue weighted by Gasteiger charge is -2.32. The van der Waals surface area contributed by atoms with Crippen LogP contribution in [0, 0.1) is 6.92 Å². The molecule has 0 atom stereocenters. The standard InChI is InChI=1S/C24H31NOS/c1-19-6-2-3-8-23(19)26-16-5-13-25-14-11-20(12-15-25)21-9-10-24-22(18-21)7-4-17-27-24/h2-3,6,8-10,18,20H,4-5,7,11-17H2,1H3. The number of hydrogen-bond donors (Lipinski definition) is 0. The zero-order valence-electron chi connectivity index (χ0n) is 16.5. The van der Waals surface area contributed by atoms with Crippen LogP contribution in [0.2, 0.25) is 0 Å². The Morgan fingerprint density at radius 3 is 2.81 bits per heavy atom. The van der Waals surface area contributed by atoms with Crippen LogP contribution < -0.4 is 4.74 Å². The number of piperidine rings is 1. The lowest BCUT2D eigenvalue weighted by molar-refractivity contribution is 0.192. The molecule has 2 nitrogen and oxygen atoms in total. The van der Waals surface area contributed by atoms with Crippen LogP contribution in [0.1, 0.15) is 48.3 Å². The van der Waals surface area contributed by atoms with E-state index in [0.717, 1.165) is 31.2 Å². The lowest BCUT2D eigenvalue weighted by atomic mass is 9.88. The van der Waals surface area contributed by atoms with Crippen molar-refractivity contribution < 1.29 is 4.74 Å². The highest BCUT2D eigenvalue weighted by molar-refractivity contribution is 7.99. The Hall–Kier alpha value is -1.45. The van der Waals surface area contributed by atoms with E-state index in [-0.39, 0.29) is 0 Å². The molecule has 0 spiro atoms. The van der Waals surface area contributed by atoms with E-state index in [2.05, 4.69) is 48.2 Å². The van der Waals surface area contributed by atoms with Crippen LogP contribution >= 0.6 is 11.8 Å². The molecule has 0 N–H and O–H groups in total. The zero-order chi connectivity index (χ0) is 18.5. The number of hydrogen-bond acceptors (Lipinski definition) is 3. The highest BCUT2D eigenvalue weighted by Gasteiger charge is 2.21. The van der Waals surface area contributed by atoms with Gasteiger partial charge in [0.25, 0.3) is 0 Å². The molecule has 0 aliphatic carbocycles. The minimum absolute atomic E-state index is 0.752. The lowest BCUT2D eigenvalue weighted by Crippen LogP contribution is -2.34. The van der Waals surface area contributed by atoms with E-state index in [1.807, 2.05) is 17.8 Å². The zero-order valence-corrected chi connectivity index (χ0v) is 17.3. The Morgan fingerprint density at radius 1 is 1.11 bits per heavy atom. The third kappa shape index (κ3) is 4.89. The largest absolute Gasteiger partial charge is 0.493 e. The fourth-order valence-electron chi connectivity index (χ4n) is 4.31. The minimum atomic E-state index is 0.752. The molecule has 4 rings (SSSR count). The molecule has 144 valence electrons. The summed E-state index contributed by atoms with van der Waals surface area (Å²) in [4.78, 5) is 4.14. The number of fused-ring (bicyclic) bond motifs is 1. The van der Waals surface area contributed by atoms with Crippen molar-refractivity contribution in [3.8, 4) is 5.75 Å². The van der Waals surface area contributed by atoms with Gasteiger partial charge in [0.2, 0.25) is 0 Å². The third-order valence-corrected chi connectivity index (χ3v) is 7.16. The molecular weight excluding hydrogens is 350 g/mol. The number of nitrogens with zero attached hydrogens (tertiary/aromatic N) is 1. The van der Waals surface area contributed by atoms with Crippen molar-refractivity contribution in [1.29, 1.82) is 0 Å². The van der Waals surface area contributed by atoms with Gasteiger partial charge in [-0.2, -0.15) is 0 Å². The van der Waals surface area contributed by atoms with Crippen molar-refractivity contribution in [2.24, 2.45) is 0 Å². The molecule has 0 saturated carbocycles. The average Bonchev–Trinajstić information content (AvgIpc) is 2.72. The predicted molar refractivity (Wildman–Crippen MR) is 115 cm³/mol. The van der Waals surface area contributed by atoms with Crippen LogP contribution in [0.5, 0.6) is 5.75 Å². The molecular formula is C24H31NOS. The van der Waals surface area contributed by atoms with E-state index in [4.69, 9.17) is 4.74 Å². The van der Waals surface area contributed by atoms with Gasteiger partial charge in [0.15, 0.2) is 0 Å². The second-order valence-corrected chi connectivity index (χ2v) is 9.04. The fourth-order valence-corrected chi connectivity index (χ4v) is 5.33. The SMILES string of the molecule is Cc1ccccc1OCCCN1CCC(c2ccc3c(c2)CCCS3)CC1. The van der Waals surface area contributed by atoms with Gasteiger partial charge in [0.1, 0.15) is 5.75 Å². The van der Waals surface area contributed by atoms with Crippen LogP contribution in [-0.2, 0) is 6.42 Å². The van der Waals surface area contributed by atoms with Crippen LogP contribution in [-0.4, -0.2) is 36.9 Å². The highest BCUT2D eigenvalue weighted by Crippen LogP contribution is 2.35. The van der Waals surface area contributed by atoms with Crippen molar-refractivity contribution in [3.63, 3.8) is 0 Å². The molecule has 27 heavy (non-hydrogen) atoms. The summed E-state index contributed by atoms with van der Waals surface area (Å²) in [6.45, 7) is 6.52. The van der Waals surface area contributed by atoms with E-state index >= 15 is 0 Å². The fraction of sp³-hybridized carbons (Fsp3) is 0.500. The molecule has 2 aromatic rings. The first-order valence-electron chi connectivity index (χ1n) is 10.5. The van der Waals surface area contributed by atoms with E-state index in [9.17, 15) is 0 Å². The van der Waals surface area contributed by atoms with E-state index < -0.39 is 0 Å². The van der Waals surface area contributed by atoms with Crippen molar-refractivity contribution in [2.45, 2.75) is 49.8 Å². The molecule has 0 aromatic heterocycles. The number of benzene rings is 2. The molecule has 0 amide bonds. The maximum absolute atomic E-state index is 5.94. The van der Waals surface area contributed by atoms with E-state index in [1.54, 1.807) is 11.1 Å². The number of rotatable bonds is 6. The second-order valence-electron chi connectivity index (χ2n) is 7.90. The smallest absolute Gasteiger partial charge is 0.122 e. The van der Waals surface area contributed by atoms with Crippen molar-refractivity contribution in [1.82, 2.24) is 4.90 Å². The Balaban J connectivity index is 1.21. The molecule has 0 radical (unpaired) electrons. The first kappa shape index (κ1) is 18.9. The van der Waals surface area contributed by atoms with Gasteiger partial charge in [-0.15, -0.1) is 11.8 Å². The highest BCUT2D eigenvalue weighted by atomic mass is 32.2. The quantitative estimate of drug-likeness (QED) is 0.597. The summed E-state index contributed by atoms with van der Waals surface area (Å²) in [5.74, 6) is 3.07. The summed E-state index contributed by atoms with van der Waals surface area (Å²) >= 11 is 2.03. The van der Waals surface area contributed by atoms with Gasteiger partial charge < -0.3 is 9.64 Å². The summed E-state index contributed by atoms with van der Waals surface area (Å²) in [6.07, 6.45) is 6.31. The predicted octanol–water partition coefficient (Wildman–Crippen LogP) is 5.68. The average molecular weight is 382 g/mol. The van der Waals surface area contributed by atoms with Crippen LogP contribution in [0.15, 0.2) is 47.4 Å². The van der Waals surface area contributed by atoms with Gasteiger partial charge in [-0.05, 0) is 92.6 Å². The third-order valence-electron chi connectivity index (χ3n) is 5.96. The molecule has 0 unspecified atom stereocenters. The van der Waals surface area contributed by atoms with Gasteiger partial charge in [0.05, 0.1) is 6.61 Å². The van der Waals surface area contributed by atoms with Gasteiger partial charge in [0, 0.05) is 11.4 Å². The molecule has 1 fully saturated rings. The number of likely N-dealkylation sites (tertiary alicyclic amines) is 1. The second kappa shape index (κ2) is 9.16. The Kier molecular flexibility index (Phi) is 6.41. The summed E-state index contributed by atoms with van der Waals surface area (Å²) in [5.41, 5.74) is 4.40. The van der Waals surface area contributed by atoms with Gasteiger partial charge in [-0.1, -0.05) is 30.3 Å². The maximum atomic E-state index is 5.94. The van der Waals surface area contributed by atoms with Crippen LogP contribution in [0.25, 0.3) is 0 Å². The molecule has 0 bridgehead atoms. The monoisotopic (exact) mass is 381 g/mol. The van der Waals surface area contributed by atoms with Crippen LogP contribution in [0.3, 0.4) is 0 Å². The Bertz CT molecular complexity index is 752. The van der Waals surface area contributed by atoms with Crippen molar-refractivity contribution in [3.05, 3.63) is 59.2 Å². The summed E-state index contributed by atoms with van der Waals surface area (Å²) in [7, 11) is 0. The summed E-state index contributed by atoms with van der Waals surface area (Å²) < 4.78 is 5.94. The van der Waals surface area contributed by atoms with Crippen molar-refractivity contribution in [2.75, 3.05) is 32.0 Å². The maximum Gasteiger partial charge on any atom is 0.122 e. The minimum Gasteiger partial charge on any atom is -0.493 e. The van der Waals surface area contributed by atoms with Crippen molar-refractivity contribution >= 4 is 11.8 Å². The van der Waals surface area contributed by atoms with E-state index in [1.165, 1.54) is 55.0 Å². The van der Waals surface area contributed by atoms with Gasteiger partial charge in [-0.3, -0.25) is 0 Å². The summed E-state index contributed by atoms with van der Waals surface area (Å²) in [6, 6.07) is 15.6. The van der Waals surface area contributed by atoms with E-state index in [0.29, 0.717) is 0 Å². The molecule has 2 aromatic carbocycles. The molecule has 3 heteroatoms. The van der Waals surface area contributed by atoms with Crippen LogP contribution in [0.4, 0.5) is 0 Å². The molecule has 2 aliphatic heterocycles. The number of aryl methyl sites for hydroxylation is 2. The number of ether oxygens (including phenoxy) is 1.